The number of rotatable bonds is 3. The van der Waals surface area contributed by atoms with Gasteiger partial charge in [-0.1, -0.05) is 25.0 Å². The minimum absolute atomic E-state index is 0.258. The molecule has 0 saturated heterocycles. The lowest BCUT2D eigenvalue weighted by Gasteiger charge is -2.26. The van der Waals surface area contributed by atoms with Crippen LogP contribution in [0.3, 0.4) is 0 Å². The van der Waals surface area contributed by atoms with Crippen molar-refractivity contribution in [2.24, 2.45) is 5.73 Å². The van der Waals surface area contributed by atoms with Crippen molar-refractivity contribution in [3.63, 3.8) is 0 Å². The average Bonchev–Trinajstić information content (AvgIpc) is 2.97. The number of nitrogens with one attached hydrogen (secondary N) is 2. The fourth-order valence-electron chi connectivity index (χ4n) is 2.92. The Kier molecular flexibility index (Phi) is 3.40. The lowest BCUT2D eigenvalue weighted by Crippen LogP contribution is -2.56. The highest BCUT2D eigenvalue weighted by atomic mass is 16.2. The predicted molar refractivity (Wildman–Crippen MR) is 80.2 cm³/mol. The number of amides is 2. The molecule has 0 aliphatic heterocycles. The second-order valence-electron chi connectivity index (χ2n) is 5.55. The fourth-order valence-corrected chi connectivity index (χ4v) is 2.92. The summed E-state index contributed by atoms with van der Waals surface area (Å²) >= 11 is 0. The second kappa shape index (κ2) is 5.25. The van der Waals surface area contributed by atoms with E-state index in [-0.39, 0.29) is 5.69 Å². The first-order valence-electron chi connectivity index (χ1n) is 7.13. The van der Waals surface area contributed by atoms with Crippen LogP contribution in [0.5, 0.6) is 0 Å². The number of hydrogen-bond acceptors (Lipinski definition) is 4. The minimum atomic E-state index is -1.07. The van der Waals surface area contributed by atoms with Crippen LogP contribution in [-0.2, 0) is 4.79 Å². The van der Waals surface area contributed by atoms with E-state index in [4.69, 9.17) is 5.73 Å². The standard InChI is InChI=1S/C15H16N4O3/c16-14(22)15(7-3-4-8-15)17-13(21)11-12(20)9-5-1-2-6-10(9)18-19-11/h1-2,5-6H,3-4,7-8H2,(H2,16,22)(H,17,21)(H,18,20). The van der Waals surface area contributed by atoms with Crippen molar-refractivity contribution in [1.82, 2.24) is 15.5 Å². The van der Waals surface area contributed by atoms with Gasteiger partial charge in [-0.25, -0.2) is 0 Å². The number of carbonyl (C=O) groups is 2. The molecule has 1 saturated carbocycles. The number of carbonyl (C=O) groups excluding carboxylic acids is 2. The van der Waals surface area contributed by atoms with Crippen molar-refractivity contribution in [2.45, 2.75) is 31.2 Å². The van der Waals surface area contributed by atoms with Gasteiger partial charge in [-0.3, -0.25) is 19.5 Å². The van der Waals surface area contributed by atoms with Gasteiger partial charge in [0, 0.05) is 5.39 Å². The molecule has 2 aromatic rings. The van der Waals surface area contributed by atoms with Gasteiger partial charge in [-0.2, -0.15) is 5.10 Å². The van der Waals surface area contributed by atoms with Crippen LogP contribution < -0.4 is 16.5 Å². The maximum atomic E-state index is 12.4. The highest BCUT2D eigenvalue weighted by Crippen LogP contribution is 2.29. The van der Waals surface area contributed by atoms with Crippen molar-refractivity contribution in [2.75, 3.05) is 0 Å². The van der Waals surface area contributed by atoms with Gasteiger partial charge in [0.25, 0.3) is 5.91 Å². The zero-order chi connectivity index (χ0) is 15.7. The van der Waals surface area contributed by atoms with Crippen LogP contribution in [0, 0.1) is 0 Å². The molecule has 2 amide bonds. The summed E-state index contributed by atoms with van der Waals surface area (Å²) in [4.78, 5) is 36.4. The Morgan fingerprint density at radius 3 is 2.59 bits per heavy atom. The number of primary amides is 1. The van der Waals surface area contributed by atoms with E-state index >= 15 is 0 Å². The number of H-pyrrole nitrogens is 1. The molecule has 0 spiro atoms. The number of nitrogens with two attached hydrogens (primary N) is 1. The molecule has 1 aliphatic rings. The SMILES string of the molecule is NC(=O)C1(NC(=O)c2n[nH]c3ccccc3c2=O)CCCC1. The molecule has 1 fully saturated rings. The molecule has 1 aromatic carbocycles. The van der Waals surface area contributed by atoms with Crippen LogP contribution in [0.4, 0.5) is 0 Å². The molecule has 1 aromatic heterocycles. The lowest BCUT2D eigenvalue weighted by molar-refractivity contribution is -0.123. The zero-order valence-electron chi connectivity index (χ0n) is 11.9. The van der Waals surface area contributed by atoms with Gasteiger partial charge in [0.05, 0.1) is 5.52 Å². The van der Waals surface area contributed by atoms with Crippen molar-refractivity contribution < 1.29 is 9.59 Å². The van der Waals surface area contributed by atoms with Crippen LogP contribution in [0.25, 0.3) is 10.9 Å². The molecule has 7 nitrogen and oxygen atoms in total. The highest BCUT2D eigenvalue weighted by Gasteiger charge is 2.41. The van der Waals surface area contributed by atoms with Gasteiger partial charge in [-0.05, 0) is 25.0 Å². The van der Waals surface area contributed by atoms with Crippen molar-refractivity contribution in [3.8, 4) is 0 Å². The Balaban J connectivity index is 1.97. The summed E-state index contributed by atoms with van der Waals surface area (Å²) in [6.07, 6.45) is 2.59. The molecule has 0 radical (unpaired) electrons. The predicted octanol–water partition coefficient (Wildman–Crippen LogP) is 0.451. The molecule has 114 valence electrons. The topological polar surface area (TPSA) is 118 Å². The fraction of sp³-hybridized carbons (Fsp3) is 0.333. The van der Waals surface area contributed by atoms with E-state index in [9.17, 15) is 14.4 Å². The van der Waals surface area contributed by atoms with Crippen LogP contribution in [0.15, 0.2) is 29.1 Å². The third-order valence-electron chi connectivity index (χ3n) is 4.17. The summed E-state index contributed by atoms with van der Waals surface area (Å²) in [7, 11) is 0. The summed E-state index contributed by atoms with van der Waals surface area (Å²) in [6.45, 7) is 0. The minimum Gasteiger partial charge on any atom is -0.368 e. The molecule has 1 heterocycles. The molecule has 0 atom stereocenters. The quantitative estimate of drug-likeness (QED) is 0.762. The smallest absolute Gasteiger partial charge is 0.276 e. The van der Waals surface area contributed by atoms with Crippen LogP contribution in [0.2, 0.25) is 0 Å². The van der Waals surface area contributed by atoms with Gasteiger partial charge >= 0.3 is 0 Å². The van der Waals surface area contributed by atoms with Gasteiger partial charge in [0.1, 0.15) is 5.54 Å². The summed E-state index contributed by atoms with van der Waals surface area (Å²) in [5, 5.41) is 9.51. The van der Waals surface area contributed by atoms with E-state index in [0.29, 0.717) is 23.7 Å². The number of aromatic nitrogens is 2. The maximum absolute atomic E-state index is 12.4. The molecule has 4 N–H and O–H groups in total. The summed E-state index contributed by atoms with van der Waals surface area (Å²) in [5.74, 6) is -1.25. The molecular weight excluding hydrogens is 284 g/mol. The van der Waals surface area contributed by atoms with E-state index in [1.165, 1.54) is 0 Å². The normalized spacial score (nSPS) is 16.5. The van der Waals surface area contributed by atoms with Crippen LogP contribution in [-0.4, -0.2) is 27.6 Å². The number of nitrogens with zero attached hydrogens (tertiary/aromatic N) is 1. The first kappa shape index (κ1) is 14.2. The molecule has 7 heteroatoms. The maximum Gasteiger partial charge on any atom is 0.276 e. The van der Waals surface area contributed by atoms with E-state index in [1.807, 2.05) is 0 Å². The van der Waals surface area contributed by atoms with Crippen molar-refractivity contribution in [3.05, 3.63) is 40.2 Å². The third kappa shape index (κ3) is 2.24. The Labute approximate surface area is 125 Å². The Hall–Kier alpha value is -2.70. The Morgan fingerprint density at radius 2 is 1.91 bits per heavy atom. The van der Waals surface area contributed by atoms with Gasteiger partial charge < -0.3 is 11.1 Å². The van der Waals surface area contributed by atoms with E-state index < -0.39 is 22.8 Å². The number of benzene rings is 1. The van der Waals surface area contributed by atoms with Gasteiger partial charge in [0.2, 0.25) is 11.3 Å². The molecular formula is C15H16N4O3. The van der Waals surface area contributed by atoms with E-state index in [1.54, 1.807) is 24.3 Å². The average molecular weight is 300 g/mol. The van der Waals surface area contributed by atoms with Crippen LogP contribution in [0.1, 0.15) is 36.2 Å². The summed E-state index contributed by atoms with van der Waals surface area (Å²) in [5.41, 5.74) is 4.18. The summed E-state index contributed by atoms with van der Waals surface area (Å²) in [6, 6.07) is 6.79. The number of hydrogen-bond donors (Lipinski definition) is 3. The van der Waals surface area contributed by atoms with Crippen LogP contribution >= 0.6 is 0 Å². The third-order valence-corrected chi connectivity index (χ3v) is 4.17. The largest absolute Gasteiger partial charge is 0.368 e. The number of para-hydroxylation sites is 1. The van der Waals surface area contributed by atoms with E-state index in [2.05, 4.69) is 15.5 Å². The van der Waals surface area contributed by atoms with Gasteiger partial charge in [0.15, 0.2) is 5.69 Å². The number of aromatic amines is 1. The number of fused-ring (bicyclic) bond motifs is 1. The first-order valence-corrected chi connectivity index (χ1v) is 7.13. The Bertz CT molecular complexity index is 806. The molecule has 1 aliphatic carbocycles. The first-order chi connectivity index (χ1) is 10.5. The monoisotopic (exact) mass is 300 g/mol. The second-order valence-corrected chi connectivity index (χ2v) is 5.55. The Morgan fingerprint density at radius 1 is 1.23 bits per heavy atom. The van der Waals surface area contributed by atoms with Gasteiger partial charge in [-0.15, -0.1) is 0 Å². The van der Waals surface area contributed by atoms with E-state index in [0.717, 1.165) is 12.8 Å². The van der Waals surface area contributed by atoms with Crippen molar-refractivity contribution in [1.29, 1.82) is 0 Å². The highest BCUT2D eigenvalue weighted by molar-refractivity contribution is 5.99. The van der Waals surface area contributed by atoms with Crippen molar-refractivity contribution >= 4 is 22.7 Å². The lowest BCUT2D eigenvalue weighted by atomic mass is 9.96. The molecule has 22 heavy (non-hydrogen) atoms. The molecule has 0 unspecified atom stereocenters. The molecule has 3 rings (SSSR count). The molecule has 0 bridgehead atoms. The summed E-state index contributed by atoms with van der Waals surface area (Å²) < 4.78 is 0. The zero-order valence-corrected chi connectivity index (χ0v) is 11.9.